The van der Waals surface area contributed by atoms with E-state index in [0.29, 0.717) is 47.3 Å². The Bertz CT molecular complexity index is 1410. The van der Waals surface area contributed by atoms with Crippen LogP contribution in [0.4, 0.5) is 0 Å². The van der Waals surface area contributed by atoms with Crippen LogP contribution in [0.25, 0.3) is 22.6 Å². The number of pyridine rings is 1. The zero-order chi connectivity index (χ0) is 24.6. The molecule has 8 nitrogen and oxygen atoms in total. The summed E-state index contributed by atoms with van der Waals surface area (Å²) in [5.74, 6) is 1.14. The van der Waals surface area contributed by atoms with Crippen LogP contribution in [0.3, 0.4) is 0 Å². The maximum absolute atomic E-state index is 11.6. The molecule has 9 heteroatoms. The van der Waals surface area contributed by atoms with Crippen LogP contribution in [0.15, 0.2) is 42.9 Å². The monoisotopic (exact) mass is 490 g/mol. The number of halogens is 1. The van der Waals surface area contributed by atoms with E-state index in [4.69, 9.17) is 21.3 Å². The van der Waals surface area contributed by atoms with Gasteiger partial charge in [-0.25, -0.2) is 9.97 Å². The lowest BCUT2D eigenvalue weighted by molar-refractivity contribution is -0.120. The summed E-state index contributed by atoms with van der Waals surface area (Å²) in [4.78, 5) is 30.1. The molecule has 1 amide bonds. The summed E-state index contributed by atoms with van der Waals surface area (Å²) in [6.07, 6.45) is 6.29. The molecule has 1 aliphatic carbocycles. The first-order chi connectivity index (χ1) is 16.8. The molecule has 5 rings (SSSR count). The topological polar surface area (TPSA) is 94.8 Å². The number of carbonyl (C=O) groups is 1. The SMILES string of the molecule is CNC(=O)CCc1ccc(-c2nc3c(OC4(C)CC4)ncnc3n2Cc2cc(C)ccn2)c(Cl)c1. The third kappa shape index (κ3) is 4.98. The molecule has 0 radical (unpaired) electrons. The lowest BCUT2D eigenvalue weighted by Gasteiger charge is -2.12. The summed E-state index contributed by atoms with van der Waals surface area (Å²) in [7, 11) is 1.64. The van der Waals surface area contributed by atoms with Gasteiger partial charge in [0, 0.05) is 25.2 Å². The molecule has 180 valence electrons. The van der Waals surface area contributed by atoms with Gasteiger partial charge in [-0.15, -0.1) is 0 Å². The summed E-state index contributed by atoms with van der Waals surface area (Å²) in [6.45, 7) is 4.58. The first-order valence-corrected chi connectivity index (χ1v) is 12.0. The van der Waals surface area contributed by atoms with Gasteiger partial charge in [0.25, 0.3) is 0 Å². The number of rotatable bonds is 8. The van der Waals surface area contributed by atoms with Crippen LogP contribution in [-0.2, 0) is 17.8 Å². The number of carbonyl (C=O) groups excluding carboxylic acids is 1. The highest BCUT2D eigenvalue weighted by atomic mass is 35.5. The minimum Gasteiger partial charge on any atom is -0.470 e. The van der Waals surface area contributed by atoms with Crippen molar-refractivity contribution in [2.45, 2.75) is 51.7 Å². The molecular formula is C26H27ClN6O2. The van der Waals surface area contributed by atoms with E-state index in [1.54, 1.807) is 13.2 Å². The van der Waals surface area contributed by atoms with E-state index < -0.39 is 0 Å². The van der Waals surface area contributed by atoms with Gasteiger partial charge in [0.15, 0.2) is 11.2 Å². The molecule has 1 aromatic carbocycles. The summed E-state index contributed by atoms with van der Waals surface area (Å²) in [5.41, 5.74) is 4.83. The highest BCUT2D eigenvalue weighted by molar-refractivity contribution is 6.33. The molecular weight excluding hydrogens is 464 g/mol. The number of nitrogens with zero attached hydrogens (tertiary/aromatic N) is 5. The number of benzene rings is 1. The van der Waals surface area contributed by atoms with E-state index in [2.05, 4.69) is 27.2 Å². The minimum absolute atomic E-state index is 0.00638. The smallest absolute Gasteiger partial charge is 0.245 e. The number of hydrogen-bond donors (Lipinski definition) is 1. The molecule has 0 unspecified atom stereocenters. The van der Waals surface area contributed by atoms with Crippen LogP contribution in [0.2, 0.25) is 5.02 Å². The first kappa shape index (κ1) is 23.2. The van der Waals surface area contributed by atoms with Crippen LogP contribution in [-0.4, -0.2) is 43.1 Å². The molecule has 0 aliphatic heterocycles. The molecule has 1 saturated carbocycles. The number of aryl methyl sites for hydroxylation is 2. The number of amides is 1. The highest BCUT2D eigenvalue weighted by Gasteiger charge is 2.41. The largest absolute Gasteiger partial charge is 0.470 e. The van der Waals surface area contributed by atoms with Crippen LogP contribution >= 0.6 is 11.6 Å². The van der Waals surface area contributed by atoms with Crippen molar-refractivity contribution in [1.29, 1.82) is 0 Å². The van der Waals surface area contributed by atoms with Gasteiger partial charge in [-0.05, 0) is 68.5 Å². The van der Waals surface area contributed by atoms with Gasteiger partial charge in [-0.1, -0.05) is 17.7 Å². The van der Waals surface area contributed by atoms with Crippen molar-refractivity contribution in [3.8, 4) is 17.3 Å². The van der Waals surface area contributed by atoms with Crippen LogP contribution in [0, 0.1) is 6.92 Å². The maximum Gasteiger partial charge on any atom is 0.245 e. The number of nitrogens with one attached hydrogen (secondary N) is 1. The molecule has 1 aliphatic rings. The van der Waals surface area contributed by atoms with Crippen molar-refractivity contribution in [2.24, 2.45) is 0 Å². The maximum atomic E-state index is 11.6. The fourth-order valence-corrected chi connectivity index (χ4v) is 4.27. The van der Waals surface area contributed by atoms with Crippen molar-refractivity contribution >= 4 is 28.7 Å². The Kier molecular flexibility index (Phi) is 6.15. The lowest BCUT2D eigenvalue weighted by Crippen LogP contribution is -2.17. The van der Waals surface area contributed by atoms with E-state index >= 15 is 0 Å². The second kappa shape index (κ2) is 9.26. The van der Waals surface area contributed by atoms with Gasteiger partial charge in [0.1, 0.15) is 17.8 Å². The normalized spacial score (nSPS) is 14.2. The zero-order valence-corrected chi connectivity index (χ0v) is 20.8. The predicted octanol–water partition coefficient (Wildman–Crippen LogP) is 4.51. The molecule has 1 N–H and O–H groups in total. The van der Waals surface area contributed by atoms with Crippen molar-refractivity contribution in [2.75, 3.05) is 7.05 Å². The van der Waals surface area contributed by atoms with Crippen LogP contribution in [0.5, 0.6) is 5.88 Å². The molecule has 3 aromatic heterocycles. The third-order valence-electron chi connectivity index (χ3n) is 6.28. The Morgan fingerprint density at radius 1 is 1.20 bits per heavy atom. The Labute approximate surface area is 208 Å². The van der Waals surface area contributed by atoms with E-state index in [1.807, 2.05) is 41.8 Å². The number of hydrogen-bond acceptors (Lipinski definition) is 6. The summed E-state index contributed by atoms with van der Waals surface area (Å²) >= 11 is 6.76. The highest BCUT2D eigenvalue weighted by Crippen LogP contribution is 2.41. The number of imidazole rings is 1. The van der Waals surface area contributed by atoms with Crippen molar-refractivity contribution < 1.29 is 9.53 Å². The molecule has 4 aromatic rings. The number of ether oxygens (including phenoxy) is 1. The average Bonchev–Trinajstić information content (AvgIpc) is 3.46. The molecule has 0 atom stereocenters. The third-order valence-corrected chi connectivity index (χ3v) is 6.59. The first-order valence-electron chi connectivity index (χ1n) is 11.7. The molecule has 35 heavy (non-hydrogen) atoms. The molecule has 1 fully saturated rings. The molecule has 0 spiro atoms. The van der Waals surface area contributed by atoms with Crippen molar-refractivity contribution in [3.05, 3.63) is 64.7 Å². The van der Waals surface area contributed by atoms with Crippen molar-refractivity contribution in [1.82, 2.24) is 29.8 Å². The second-order valence-electron chi connectivity index (χ2n) is 9.24. The summed E-state index contributed by atoms with van der Waals surface area (Å²) in [6, 6.07) is 9.83. The standard InChI is InChI=1S/C26H27ClN6O2/c1-16-8-11-29-18(12-16)14-33-23(19-6-4-17(13-20(19)27)5-7-21(34)28-3)32-22-24(33)30-15-31-25(22)35-26(2)9-10-26/h4,6,8,11-13,15H,5,7,9-10,14H2,1-3H3,(H,28,34). The van der Waals surface area contributed by atoms with Gasteiger partial charge in [-0.2, -0.15) is 4.98 Å². The zero-order valence-electron chi connectivity index (χ0n) is 20.0. The van der Waals surface area contributed by atoms with Crippen LogP contribution in [0.1, 0.15) is 43.0 Å². The fraction of sp³-hybridized carbons (Fsp3) is 0.346. The fourth-order valence-electron chi connectivity index (χ4n) is 3.98. The lowest BCUT2D eigenvalue weighted by atomic mass is 10.1. The van der Waals surface area contributed by atoms with Gasteiger partial charge in [-0.3, -0.25) is 9.78 Å². The van der Waals surface area contributed by atoms with E-state index in [-0.39, 0.29) is 11.5 Å². The quantitative estimate of drug-likeness (QED) is 0.390. The van der Waals surface area contributed by atoms with Gasteiger partial charge in [0.2, 0.25) is 11.8 Å². The van der Waals surface area contributed by atoms with Gasteiger partial charge < -0.3 is 14.6 Å². The number of aromatic nitrogens is 5. The molecule has 0 saturated heterocycles. The molecule has 0 bridgehead atoms. The summed E-state index contributed by atoms with van der Waals surface area (Å²) in [5, 5.41) is 3.20. The van der Waals surface area contributed by atoms with Crippen molar-refractivity contribution in [3.63, 3.8) is 0 Å². The molecule has 3 heterocycles. The van der Waals surface area contributed by atoms with E-state index in [1.165, 1.54) is 6.33 Å². The summed E-state index contributed by atoms with van der Waals surface area (Å²) < 4.78 is 8.21. The minimum atomic E-state index is -0.201. The average molecular weight is 491 g/mol. The number of fused-ring (bicyclic) bond motifs is 1. The Hall–Kier alpha value is -3.52. The Balaban J connectivity index is 1.59. The van der Waals surface area contributed by atoms with E-state index in [0.717, 1.165) is 35.2 Å². The Morgan fingerprint density at radius 2 is 2.03 bits per heavy atom. The Morgan fingerprint density at radius 3 is 2.74 bits per heavy atom. The second-order valence-corrected chi connectivity index (χ2v) is 9.64. The van der Waals surface area contributed by atoms with Gasteiger partial charge >= 0.3 is 0 Å². The predicted molar refractivity (Wildman–Crippen MR) is 134 cm³/mol. The van der Waals surface area contributed by atoms with E-state index in [9.17, 15) is 4.79 Å². The van der Waals surface area contributed by atoms with Crippen LogP contribution < -0.4 is 10.1 Å². The van der Waals surface area contributed by atoms with Gasteiger partial charge in [0.05, 0.1) is 17.3 Å².